The van der Waals surface area contributed by atoms with Gasteiger partial charge in [-0.15, -0.1) is 11.3 Å². The zero-order valence-electron chi connectivity index (χ0n) is 9.89. The van der Waals surface area contributed by atoms with E-state index in [-0.39, 0.29) is 6.10 Å². The molecule has 1 nitrogen and oxygen atoms in total. The topological polar surface area (TPSA) is 20.2 Å². The summed E-state index contributed by atoms with van der Waals surface area (Å²) in [6, 6.07) is 12.7. The number of hydrogen-bond donors (Lipinski definition) is 1. The van der Waals surface area contributed by atoms with E-state index in [9.17, 15) is 5.11 Å². The summed E-state index contributed by atoms with van der Waals surface area (Å²) >= 11 is 1.70. The van der Waals surface area contributed by atoms with Crippen LogP contribution < -0.4 is 0 Å². The van der Waals surface area contributed by atoms with Crippen LogP contribution in [0, 0.1) is 6.92 Å². The van der Waals surface area contributed by atoms with Gasteiger partial charge in [-0.3, -0.25) is 0 Å². The predicted octanol–water partition coefficient (Wildman–Crippen LogP) is 3.82. The van der Waals surface area contributed by atoms with Gasteiger partial charge in [0.15, 0.2) is 0 Å². The summed E-state index contributed by atoms with van der Waals surface area (Å²) in [7, 11) is 0. The van der Waals surface area contributed by atoms with Crippen LogP contribution in [0.15, 0.2) is 36.4 Å². The van der Waals surface area contributed by atoms with Crippen molar-refractivity contribution >= 4 is 11.3 Å². The van der Waals surface area contributed by atoms with Crippen LogP contribution in [0.3, 0.4) is 0 Å². The summed E-state index contributed by atoms with van der Waals surface area (Å²) in [5, 5.41) is 10.2. The minimum absolute atomic E-state index is 0.299. The molecule has 0 amide bonds. The summed E-state index contributed by atoms with van der Waals surface area (Å²) in [6.07, 6.45) is 1.68. The molecule has 1 aromatic heterocycles. The quantitative estimate of drug-likeness (QED) is 0.870. The molecule has 0 fully saturated rings. The zero-order chi connectivity index (χ0) is 11.8. The standard InChI is InChI=1S/C15H16OS/c1-10-6-7-15(17-10)14(16)9-12-8-11-4-2-3-5-13(11)12/h2-7,12,14,16H,8-9H2,1H3. The first kappa shape index (κ1) is 11.0. The lowest BCUT2D eigenvalue weighted by molar-refractivity contribution is 0.157. The summed E-state index contributed by atoms with van der Waals surface area (Å²) in [5.74, 6) is 0.545. The fourth-order valence-corrected chi connectivity index (χ4v) is 3.47. The van der Waals surface area contributed by atoms with Gasteiger partial charge in [0.25, 0.3) is 0 Å². The molecule has 0 radical (unpaired) electrons. The minimum Gasteiger partial charge on any atom is -0.388 e. The Bertz CT molecular complexity index is 529. The van der Waals surface area contributed by atoms with Gasteiger partial charge in [-0.25, -0.2) is 0 Å². The largest absolute Gasteiger partial charge is 0.388 e. The highest BCUT2D eigenvalue weighted by atomic mass is 32.1. The molecule has 0 spiro atoms. The fraction of sp³-hybridized carbons (Fsp3) is 0.333. The third kappa shape index (κ3) is 2.03. The average Bonchev–Trinajstić information content (AvgIpc) is 2.73. The first-order chi connectivity index (χ1) is 8.24. The maximum absolute atomic E-state index is 10.2. The van der Waals surface area contributed by atoms with Crippen LogP contribution in [0.2, 0.25) is 0 Å². The van der Waals surface area contributed by atoms with Crippen molar-refractivity contribution in [2.24, 2.45) is 0 Å². The van der Waals surface area contributed by atoms with Gasteiger partial charge in [-0.1, -0.05) is 24.3 Å². The van der Waals surface area contributed by atoms with Crippen molar-refractivity contribution < 1.29 is 5.11 Å². The second-order valence-corrected chi connectivity index (χ2v) is 6.12. The van der Waals surface area contributed by atoms with E-state index >= 15 is 0 Å². The van der Waals surface area contributed by atoms with Crippen LogP contribution in [0.4, 0.5) is 0 Å². The Kier molecular flexibility index (Phi) is 2.77. The third-order valence-electron chi connectivity index (χ3n) is 3.56. The molecule has 1 aliphatic carbocycles. The highest BCUT2D eigenvalue weighted by molar-refractivity contribution is 7.12. The molecule has 17 heavy (non-hydrogen) atoms. The summed E-state index contributed by atoms with van der Waals surface area (Å²) in [6.45, 7) is 2.08. The van der Waals surface area contributed by atoms with Gasteiger partial charge in [0.05, 0.1) is 6.10 Å². The highest BCUT2D eigenvalue weighted by Gasteiger charge is 2.28. The SMILES string of the molecule is Cc1ccc(C(O)CC2Cc3ccccc32)s1. The van der Waals surface area contributed by atoms with E-state index in [1.54, 1.807) is 11.3 Å². The van der Waals surface area contributed by atoms with Gasteiger partial charge >= 0.3 is 0 Å². The molecule has 2 heteroatoms. The van der Waals surface area contributed by atoms with Gasteiger partial charge < -0.3 is 5.11 Å². The summed E-state index contributed by atoms with van der Waals surface area (Å²) < 4.78 is 0. The van der Waals surface area contributed by atoms with Crippen molar-refractivity contribution in [2.45, 2.75) is 31.8 Å². The molecular weight excluding hydrogens is 228 g/mol. The van der Waals surface area contributed by atoms with Gasteiger partial charge in [-0.05, 0) is 48.9 Å². The average molecular weight is 244 g/mol. The number of aliphatic hydroxyl groups is 1. The van der Waals surface area contributed by atoms with Crippen LogP contribution in [0.5, 0.6) is 0 Å². The zero-order valence-corrected chi connectivity index (χ0v) is 10.7. The van der Waals surface area contributed by atoms with Crippen LogP contribution in [0.1, 0.15) is 39.3 Å². The Morgan fingerprint density at radius 2 is 2.12 bits per heavy atom. The molecule has 3 rings (SSSR count). The van der Waals surface area contributed by atoms with E-state index in [2.05, 4.69) is 43.3 Å². The van der Waals surface area contributed by atoms with E-state index in [1.807, 2.05) is 0 Å². The number of aryl methyl sites for hydroxylation is 1. The second-order valence-electron chi connectivity index (χ2n) is 4.80. The van der Waals surface area contributed by atoms with Crippen LogP contribution in [-0.4, -0.2) is 5.11 Å². The van der Waals surface area contributed by atoms with Crippen molar-refractivity contribution in [2.75, 3.05) is 0 Å². The number of hydrogen-bond acceptors (Lipinski definition) is 2. The van der Waals surface area contributed by atoms with E-state index in [4.69, 9.17) is 0 Å². The molecule has 0 aliphatic heterocycles. The van der Waals surface area contributed by atoms with Gasteiger partial charge in [0.2, 0.25) is 0 Å². The molecule has 88 valence electrons. The Balaban J connectivity index is 1.70. The monoisotopic (exact) mass is 244 g/mol. The lowest BCUT2D eigenvalue weighted by Crippen LogP contribution is -2.19. The molecule has 2 aromatic rings. The summed E-state index contributed by atoms with van der Waals surface area (Å²) in [4.78, 5) is 2.37. The number of thiophene rings is 1. The van der Waals surface area contributed by atoms with Crippen molar-refractivity contribution in [3.63, 3.8) is 0 Å². The van der Waals surface area contributed by atoms with E-state index in [1.165, 1.54) is 16.0 Å². The number of rotatable bonds is 3. The minimum atomic E-state index is -0.299. The molecule has 0 bridgehead atoms. The first-order valence-corrected chi connectivity index (χ1v) is 6.88. The van der Waals surface area contributed by atoms with Gasteiger partial charge in [0, 0.05) is 9.75 Å². The Hall–Kier alpha value is -1.12. The fourth-order valence-electron chi connectivity index (χ4n) is 2.59. The first-order valence-electron chi connectivity index (χ1n) is 6.06. The second kappa shape index (κ2) is 4.28. The molecule has 0 saturated carbocycles. The molecule has 2 atom stereocenters. The maximum atomic E-state index is 10.2. The smallest absolute Gasteiger partial charge is 0.0888 e. The molecule has 1 heterocycles. The van der Waals surface area contributed by atoms with Gasteiger partial charge in [-0.2, -0.15) is 0 Å². The summed E-state index contributed by atoms with van der Waals surface area (Å²) in [5.41, 5.74) is 2.88. The molecular formula is C15H16OS. The van der Waals surface area contributed by atoms with Crippen LogP contribution in [0.25, 0.3) is 0 Å². The number of aliphatic hydroxyl groups excluding tert-OH is 1. The van der Waals surface area contributed by atoms with Crippen molar-refractivity contribution in [3.8, 4) is 0 Å². The van der Waals surface area contributed by atoms with Crippen LogP contribution >= 0.6 is 11.3 Å². The van der Waals surface area contributed by atoms with Crippen molar-refractivity contribution in [1.29, 1.82) is 0 Å². The van der Waals surface area contributed by atoms with Crippen LogP contribution in [-0.2, 0) is 6.42 Å². The molecule has 1 N–H and O–H groups in total. The molecule has 0 saturated heterocycles. The third-order valence-corrected chi connectivity index (χ3v) is 4.66. The molecule has 1 aromatic carbocycles. The van der Waals surface area contributed by atoms with E-state index in [0.717, 1.165) is 17.7 Å². The van der Waals surface area contributed by atoms with Crippen molar-refractivity contribution in [3.05, 3.63) is 57.3 Å². The van der Waals surface area contributed by atoms with E-state index in [0.29, 0.717) is 5.92 Å². The highest BCUT2D eigenvalue weighted by Crippen LogP contribution is 2.41. The predicted molar refractivity (Wildman–Crippen MR) is 71.5 cm³/mol. The Labute approximate surface area is 106 Å². The number of fused-ring (bicyclic) bond motifs is 1. The normalized spacial score (nSPS) is 19.5. The van der Waals surface area contributed by atoms with E-state index < -0.39 is 0 Å². The number of benzene rings is 1. The van der Waals surface area contributed by atoms with Gasteiger partial charge in [0.1, 0.15) is 0 Å². The maximum Gasteiger partial charge on any atom is 0.0888 e. The lowest BCUT2D eigenvalue weighted by Gasteiger charge is -2.31. The Morgan fingerprint density at radius 3 is 2.82 bits per heavy atom. The Morgan fingerprint density at radius 1 is 1.29 bits per heavy atom. The lowest BCUT2D eigenvalue weighted by atomic mass is 9.75. The molecule has 2 unspecified atom stereocenters. The molecule has 1 aliphatic rings. The van der Waals surface area contributed by atoms with Crippen molar-refractivity contribution in [1.82, 2.24) is 0 Å².